The largest absolute Gasteiger partial charge is 0.366 e. The monoisotopic (exact) mass is 149 g/mol. The van der Waals surface area contributed by atoms with Crippen LogP contribution in [0.15, 0.2) is 0 Å². The maximum Gasteiger partial charge on any atom is 0.113 e. The van der Waals surface area contributed by atoms with Crippen LogP contribution in [0.3, 0.4) is 0 Å². The minimum atomic E-state index is 0.252. The van der Waals surface area contributed by atoms with Crippen molar-refractivity contribution in [3.63, 3.8) is 0 Å². The second-order valence-electron chi connectivity index (χ2n) is 3.94. The molecule has 0 spiro atoms. The van der Waals surface area contributed by atoms with Gasteiger partial charge >= 0.3 is 0 Å². The quantitative estimate of drug-likeness (QED) is 0.452. The van der Waals surface area contributed by atoms with E-state index in [4.69, 9.17) is 14.7 Å². The molecule has 4 fully saturated rings. The first-order chi connectivity index (χ1) is 5.42. The summed E-state index contributed by atoms with van der Waals surface area (Å²) in [6.07, 6.45) is 1.54. The topological polar surface area (TPSA) is 48.9 Å². The van der Waals surface area contributed by atoms with Gasteiger partial charge in [-0.05, 0) is 0 Å². The number of ether oxygens (including phenoxy) is 2. The minimum absolute atomic E-state index is 0.252. The summed E-state index contributed by atoms with van der Waals surface area (Å²) in [5.74, 6) is 1.32. The van der Waals surface area contributed by atoms with Crippen molar-refractivity contribution in [2.24, 2.45) is 17.8 Å². The fraction of sp³-hybridized carbons (Fsp3) is 0.875. The zero-order chi connectivity index (χ0) is 7.16. The van der Waals surface area contributed by atoms with Gasteiger partial charge in [0.2, 0.25) is 0 Å². The number of nitriles is 1. The first-order valence-corrected chi connectivity index (χ1v) is 4.12. The molecule has 56 valence electrons. The number of fused-ring (bicyclic) bond motifs is 6. The maximum absolute atomic E-state index is 8.75. The van der Waals surface area contributed by atoms with E-state index in [-0.39, 0.29) is 5.92 Å². The van der Waals surface area contributed by atoms with Crippen LogP contribution in [0.25, 0.3) is 0 Å². The van der Waals surface area contributed by atoms with E-state index >= 15 is 0 Å². The first-order valence-electron chi connectivity index (χ1n) is 4.12. The third-order valence-corrected chi connectivity index (χ3v) is 3.49. The summed E-state index contributed by atoms with van der Waals surface area (Å²) in [7, 11) is 0. The Bertz CT molecular complexity index is 262. The van der Waals surface area contributed by atoms with Crippen molar-refractivity contribution in [3.05, 3.63) is 0 Å². The molecule has 1 unspecified atom stereocenters. The molecule has 7 atom stereocenters. The summed E-state index contributed by atoms with van der Waals surface area (Å²) in [6.45, 7) is 0. The molecular weight excluding hydrogens is 142 g/mol. The minimum Gasteiger partial charge on any atom is -0.366 e. The van der Waals surface area contributed by atoms with Gasteiger partial charge < -0.3 is 9.47 Å². The van der Waals surface area contributed by atoms with Gasteiger partial charge in [-0.2, -0.15) is 5.26 Å². The number of epoxide rings is 2. The molecule has 0 amide bonds. The van der Waals surface area contributed by atoms with Crippen molar-refractivity contribution < 1.29 is 9.47 Å². The molecule has 11 heavy (non-hydrogen) atoms. The number of hydrogen-bond acceptors (Lipinski definition) is 3. The van der Waals surface area contributed by atoms with Gasteiger partial charge in [-0.3, -0.25) is 0 Å². The van der Waals surface area contributed by atoms with Gasteiger partial charge in [-0.15, -0.1) is 0 Å². The number of hydrogen-bond donors (Lipinski definition) is 0. The van der Waals surface area contributed by atoms with E-state index in [9.17, 15) is 0 Å². The Morgan fingerprint density at radius 3 is 1.91 bits per heavy atom. The second kappa shape index (κ2) is 1.21. The predicted octanol–water partition coefficient (Wildman–Crippen LogP) is -0.0794. The molecule has 4 aliphatic rings. The first kappa shape index (κ1) is 5.13. The molecule has 0 aromatic rings. The van der Waals surface area contributed by atoms with Crippen LogP contribution in [0.2, 0.25) is 0 Å². The molecule has 2 aliphatic heterocycles. The van der Waals surface area contributed by atoms with Gasteiger partial charge in [0.1, 0.15) is 12.2 Å². The lowest BCUT2D eigenvalue weighted by molar-refractivity contribution is 0.286. The van der Waals surface area contributed by atoms with Gasteiger partial charge in [-0.1, -0.05) is 0 Å². The van der Waals surface area contributed by atoms with Gasteiger partial charge in [0, 0.05) is 11.8 Å². The fourth-order valence-corrected chi connectivity index (χ4v) is 2.80. The van der Waals surface area contributed by atoms with Crippen LogP contribution in [0.5, 0.6) is 0 Å². The van der Waals surface area contributed by atoms with Gasteiger partial charge in [0.25, 0.3) is 0 Å². The molecule has 4 rings (SSSR count). The van der Waals surface area contributed by atoms with Crippen molar-refractivity contribution in [2.75, 3.05) is 0 Å². The molecule has 0 bridgehead atoms. The number of rotatable bonds is 0. The lowest BCUT2D eigenvalue weighted by Crippen LogP contribution is -2.14. The van der Waals surface area contributed by atoms with Gasteiger partial charge in [0.15, 0.2) is 0 Å². The molecule has 0 aromatic carbocycles. The van der Waals surface area contributed by atoms with Crippen LogP contribution in [-0.4, -0.2) is 24.4 Å². The normalized spacial score (nSPS) is 73.5. The molecule has 0 radical (unpaired) electrons. The van der Waals surface area contributed by atoms with Crippen molar-refractivity contribution in [1.29, 1.82) is 5.26 Å². The fourth-order valence-electron chi connectivity index (χ4n) is 2.80. The van der Waals surface area contributed by atoms with Crippen LogP contribution in [0.1, 0.15) is 0 Å². The van der Waals surface area contributed by atoms with Crippen LogP contribution in [0.4, 0.5) is 0 Å². The summed E-state index contributed by atoms with van der Waals surface area (Å²) in [4.78, 5) is 0. The summed E-state index contributed by atoms with van der Waals surface area (Å²) in [6, 6.07) is 2.34. The Balaban J connectivity index is 1.75. The van der Waals surface area contributed by atoms with E-state index in [1.165, 1.54) is 0 Å². The van der Waals surface area contributed by atoms with Crippen molar-refractivity contribution in [1.82, 2.24) is 0 Å². The SMILES string of the molecule is N#CC1[C@@H]2[C@@H]3O[C@@H]3[C@@H]3O[C@@H]3[C@@H]12. The van der Waals surface area contributed by atoms with E-state index in [1.807, 2.05) is 0 Å². The lowest BCUT2D eigenvalue weighted by Gasteiger charge is -1.93. The third kappa shape index (κ3) is 0.412. The Hall–Kier alpha value is -0.590. The van der Waals surface area contributed by atoms with Crippen LogP contribution in [0, 0.1) is 29.1 Å². The highest BCUT2D eigenvalue weighted by Crippen LogP contribution is 2.67. The molecule has 2 aliphatic carbocycles. The second-order valence-corrected chi connectivity index (χ2v) is 3.94. The van der Waals surface area contributed by atoms with E-state index in [0.717, 1.165) is 0 Å². The molecule has 0 N–H and O–H groups in total. The Morgan fingerprint density at radius 1 is 0.909 bits per heavy atom. The van der Waals surface area contributed by atoms with Crippen LogP contribution < -0.4 is 0 Å². The Morgan fingerprint density at radius 2 is 1.45 bits per heavy atom. The molecule has 3 heteroatoms. The molecule has 0 aromatic heterocycles. The van der Waals surface area contributed by atoms with Crippen molar-refractivity contribution >= 4 is 0 Å². The molecule has 2 heterocycles. The van der Waals surface area contributed by atoms with Gasteiger partial charge in [0.05, 0.1) is 24.2 Å². The lowest BCUT2D eigenvalue weighted by atomic mass is 10.0. The van der Waals surface area contributed by atoms with E-state index < -0.39 is 0 Å². The highest BCUT2D eigenvalue weighted by molar-refractivity contribution is 5.28. The third-order valence-electron chi connectivity index (χ3n) is 3.49. The van der Waals surface area contributed by atoms with E-state index in [2.05, 4.69) is 6.07 Å². The highest BCUT2D eigenvalue weighted by Gasteiger charge is 2.79. The average molecular weight is 149 g/mol. The standard InChI is InChI=1S/C8H7NO2/c9-1-2-3-4(2)6-8(11-6)7-5(3)10-7/h2-8H/t2?,3-,4-,5-,6+,7-,8+/m0/s1. The maximum atomic E-state index is 8.75. The molecular formula is C8H7NO2. The summed E-state index contributed by atoms with van der Waals surface area (Å²) < 4.78 is 10.9. The van der Waals surface area contributed by atoms with Crippen LogP contribution >= 0.6 is 0 Å². The Kier molecular flexibility index (Phi) is 0.566. The summed E-state index contributed by atoms with van der Waals surface area (Å²) >= 11 is 0. The van der Waals surface area contributed by atoms with Gasteiger partial charge in [-0.25, -0.2) is 0 Å². The molecule has 3 nitrogen and oxygen atoms in total. The highest BCUT2D eigenvalue weighted by atomic mass is 16.7. The summed E-state index contributed by atoms with van der Waals surface area (Å²) in [5.41, 5.74) is 0. The zero-order valence-electron chi connectivity index (χ0n) is 5.81. The van der Waals surface area contributed by atoms with E-state index in [0.29, 0.717) is 36.3 Å². The number of nitrogens with zero attached hydrogens (tertiary/aromatic N) is 1. The summed E-state index contributed by atoms with van der Waals surface area (Å²) in [5, 5.41) is 8.75. The van der Waals surface area contributed by atoms with Crippen LogP contribution in [-0.2, 0) is 9.47 Å². The van der Waals surface area contributed by atoms with E-state index in [1.54, 1.807) is 0 Å². The zero-order valence-corrected chi connectivity index (χ0v) is 5.81. The molecule has 2 saturated carbocycles. The average Bonchev–Trinajstić information content (AvgIpc) is 2.86. The van der Waals surface area contributed by atoms with Crippen molar-refractivity contribution in [3.8, 4) is 6.07 Å². The molecule has 2 saturated heterocycles. The Labute approximate surface area is 63.9 Å². The van der Waals surface area contributed by atoms with Crippen molar-refractivity contribution in [2.45, 2.75) is 24.4 Å². The smallest absolute Gasteiger partial charge is 0.113 e. The predicted molar refractivity (Wildman–Crippen MR) is 33.4 cm³/mol.